The maximum absolute atomic E-state index is 12.6. The number of thiophene rings is 1. The summed E-state index contributed by atoms with van der Waals surface area (Å²) in [4.78, 5) is 17.1. The van der Waals surface area contributed by atoms with Gasteiger partial charge in [0.25, 0.3) is 5.56 Å². The van der Waals surface area contributed by atoms with Gasteiger partial charge in [0.1, 0.15) is 4.83 Å². The van der Waals surface area contributed by atoms with Gasteiger partial charge in [0.2, 0.25) is 15.0 Å². The Labute approximate surface area is 135 Å². The van der Waals surface area contributed by atoms with Crippen LogP contribution < -0.4 is 5.56 Å². The third-order valence-electron chi connectivity index (χ3n) is 3.27. The van der Waals surface area contributed by atoms with Crippen LogP contribution in [0.5, 0.6) is 0 Å². The number of sulfone groups is 1. The highest BCUT2D eigenvalue weighted by molar-refractivity contribution is 7.90. The van der Waals surface area contributed by atoms with Crippen LogP contribution in [0.1, 0.15) is 0 Å². The predicted molar refractivity (Wildman–Crippen MR) is 88.4 cm³/mol. The molecule has 0 amide bonds. The molecule has 0 atom stereocenters. The van der Waals surface area contributed by atoms with E-state index in [-0.39, 0.29) is 5.16 Å². The Morgan fingerprint density at radius 3 is 2.55 bits per heavy atom. The van der Waals surface area contributed by atoms with Gasteiger partial charge in [-0.1, -0.05) is 29.8 Å². The molecule has 0 aliphatic heterocycles. The van der Waals surface area contributed by atoms with E-state index < -0.39 is 15.4 Å². The molecule has 3 aromatic rings. The lowest BCUT2D eigenvalue weighted by Gasteiger charge is -2.07. The molecule has 2 heterocycles. The van der Waals surface area contributed by atoms with Crippen LogP contribution >= 0.6 is 22.9 Å². The monoisotopic (exact) mass is 354 g/mol. The van der Waals surface area contributed by atoms with E-state index >= 15 is 0 Å². The number of aromatic nitrogens is 2. The van der Waals surface area contributed by atoms with Crippen molar-refractivity contribution < 1.29 is 8.42 Å². The maximum Gasteiger partial charge on any atom is 0.263 e. The van der Waals surface area contributed by atoms with Crippen molar-refractivity contribution in [2.45, 2.75) is 5.16 Å². The molecule has 0 aliphatic rings. The van der Waals surface area contributed by atoms with Crippen LogP contribution in [0.15, 0.2) is 39.6 Å². The van der Waals surface area contributed by atoms with Gasteiger partial charge in [-0.3, -0.25) is 9.36 Å². The molecule has 2 aromatic heterocycles. The average Bonchev–Trinajstić information content (AvgIpc) is 2.86. The van der Waals surface area contributed by atoms with E-state index in [0.717, 1.165) is 16.4 Å². The zero-order chi connectivity index (χ0) is 16.1. The first-order chi connectivity index (χ1) is 10.3. The lowest BCUT2D eigenvalue weighted by atomic mass is 10.1. The first-order valence-electron chi connectivity index (χ1n) is 6.24. The fourth-order valence-corrected chi connectivity index (χ4v) is 4.32. The van der Waals surface area contributed by atoms with E-state index in [2.05, 4.69) is 4.98 Å². The summed E-state index contributed by atoms with van der Waals surface area (Å²) < 4.78 is 24.5. The van der Waals surface area contributed by atoms with Gasteiger partial charge in [-0.25, -0.2) is 13.4 Å². The SMILES string of the molecule is Cn1c(S(C)(=O)=O)nc2scc(-c3ccccc3Cl)c2c1=O. The van der Waals surface area contributed by atoms with Crippen molar-refractivity contribution in [3.8, 4) is 11.1 Å². The molecule has 22 heavy (non-hydrogen) atoms. The van der Waals surface area contributed by atoms with Gasteiger partial charge in [0, 0.05) is 34.8 Å². The smallest absolute Gasteiger partial charge is 0.263 e. The molecule has 8 heteroatoms. The van der Waals surface area contributed by atoms with Crippen LogP contribution in [0.4, 0.5) is 0 Å². The summed E-state index contributed by atoms with van der Waals surface area (Å²) in [5.41, 5.74) is 0.988. The third kappa shape index (κ3) is 2.35. The summed E-state index contributed by atoms with van der Waals surface area (Å²) in [5.74, 6) is 0. The van der Waals surface area contributed by atoms with Crippen molar-refractivity contribution in [3.05, 3.63) is 45.0 Å². The quantitative estimate of drug-likeness (QED) is 0.663. The second-order valence-corrected chi connectivity index (χ2v) is 8.01. The van der Waals surface area contributed by atoms with Crippen molar-refractivity contribution >= 4 is 43.0 Å². The highest BCUT2D eigenvalue weighted by atomic mass is 35.5. The predicted octanol–water partition coefficient (Wildman–Crippen LogP) is 2.72. The number of fused-ring (bicyclic) bond motifs is 1. The molecule has 0 spiro atoms. The molecule has 114 valence electrons. The molecule has 0 bridgehead atoms. The first-order valence-corrected chi connectivity index (χ1v) is 9.39. The van der Waals surface area contributed by atoms with Crippen LogP contribution in [0.2, 0.25) is 5.02 Å². The largest absolute Gasteiger partial charge is 0.286 e. The van der Waals surface area contributed by atoms with E-state index in [4.69, 9.17) is 11.6 Å². The third-order valence-corrected chi connectivity index (χ3v) is 5.50. The number of rotatable bonds is 2. The summed E-state index contributed by atoms with van der Waals surface area (Å²) in [7, 11) is -2.18. The van der Waals surface area contributed by atoms with E-state index in [9.17, 15) is 13.2 Å². The molecule has 0 unspecified atom stereocenters. The summed E-state index contributed by atoms with van der Waals surface area (Å²) >= 11 is 7.41. The number of hydrogen-bond donors (Lipinski definition) is 0. The molecule has 0 aliphatic carbocycles. The highest BCUT2D eigenvalue weighted by Gasteiger charge is 2.21. The van der Waals surface area contributed by atoms with Crippen LogP contribution in [-0.2, 0) is 16.9 Å². The minimum absolute atomic E-state index is 0.238. The Morgan fingerprint density at radius 1 is 1.23 bits per heavy atom. The van der Waals surface area contributed by atoms with Crippen LogP contribution in [0, 0.1) is 0 Å². The second kappa shape index (κ2) is 5.19. The zero-order valence-corrected chi connectivity index (χ0v) is 14.1. The summed E-state index contributed by atoms with van der Waals surface area (Å²) in [6, 6.07) is 7.18. The van der Waals surface area contributed by atoms with Gasteiger partial charge in [-0.2, -0.15) is 0 Å². The molecule has 1 aromatic carbocycles. The molecule has 5 nitrogen and oxygen atoms in total. The summed E-state index contributed by atoms with van der Waals surface area (Å²) in [5, 5.41) is 2.44. The molecule has 0 N–H and O–H groups in total. The number of hydrogen-bond acceptors (Lipinski definition) is 5. The van der Waals surface area contributed by atoms with Crippen LogP contribution in [0.3, 0.4) is 0 Å². The fourth-order valence-electron chi connectivity index (χ4n) is 2.26. The molecule has 0 saturated carbocycles. The molecule has 0 fully saturated rings. The lowest BCUT2D eigenvalue weighted by molar-refractivity contribution is 0.578. The van der Waals surface area contributed by atoms with Crippen LogP contribution in [-0.4, -0.2) is 24.2 Å². The molecule has 0 saturated heterocycles. The molecule has 3 rings (SSSR count). The normalized spacial score (nSPS) is 12.0. The topological polar surface area (TPSA) is 69.0 Å². The van der Waals surface area contributed by atoms with Gasteiger partial charge >= 0.3 is 0 Å². The van der Waals surface area contributed by atoms with Crippen molar-refractivity contribution in [3.63, 3.8) is 0 Å². The Hall–Kier alpha value is -1.70. The van der Waals surface area contributed by atoms with Crippen molar-refractivity contribution in [1.82, 2.24) is 9.55 Å². The Bertz CT molecular complexity index is 1050. The Morgan fingerprint density at radius 2 is 1.91 bits per heavy atom. The Balaban J connectivity index is 2.42. The van der Waals surface area contributed by atoms with E-state index in [1.54, 1.807) is 17.5 Å². The maximum atomic E-state index is 12.6. The van der Waals surface area contributed by atoms with Gasteiger partial charge < -0.3 is 0 Å². The van der Waals surface area contributed by atoms with Gasteiger partial charge in [0.05, 0.1) is 5.39 Å². The van der Waals surface area contributed by atoms with Crippen molar-refractivity contribution in [1.29, 1.82) is 0 Å². The fraction of sp³-hybridized carbons (Fsp3) is 0.143. The standard InChI is InChI=1S/C14H11ClN2O3S2/c1-17-13(18)11-9(8-5-3-4-6-10(8)15)7-21-12(11)16-14(17)22(2,19)20/h3-7H,1-2H3. The average molecular weight is 355 g/mol. The summed E-state index contributed by atoms with van der Waals surface area (Å²) in [6.45, 7) is 0. The van der Waals surface area contributed by atoms with Crippen molar-refractivity contribution in [2.75, 3.05) is 6.26 Å². The number of benzene rings is 1. The summed E-state index contributed by atoms with van der Waals surface area (Å²) in [6.07, 6.45) is 1.03. The van der Waals surface area contributed by atoms with Gasteiger partial charge in [0.15, 0.2) is 0 Å². The lowest BCUT2D eigenvalue weighted by Crippen LogP contribution is -2.24. The van der Waals surface area contributed by atoms with E-state index in [0.29, 0.717) is 20.8 Å². The molecular weight excluding hydrogens is 344 g/mol. The van der Waals surface area contributed by atoms with E-state index in [1.165, 1.54) is 18.4 Å². The molecular formula is C14H11ClN2O3S2. The van der Waals surface area contributed by atoms with Gasteiger partial charge in [-0.15, -0.1) is 11.3 Å². The first kappa shape index (κ1) is 15.2. The van der Waals surface area contributed by atoms with Crippen molar-refractivity contribution in [2.24, 2.45) is 7.05 Å². The minimum Gasteiger partial charge on any atom is -0.286 e. The molecule has 0 radical (unpaired) electrons. The Kier molecular flexibility index (Phi) is 3.58. The van der Waals surface area contributed by atoms with Crippen LogP contribution in [0.25, 0.3) is 21.3 Å². The zero-order valence-electron chi connectivity index (χ0n) is 11.7. The van der Waals surface area contributed by atoms with Gasteiger partial charge in [-0.05, 0) is 6.07 Å². The van der Waals surface area contributed by atoms with E-state index in [1.807, 2.05) is 12.1 Å². The second-order valence-electron chi connectivity index (χ2n) is 4.84. The highest BCUT2D eigenvalue weighted by Crippen LogP contribution is 2.35. The minimum atomic E-state index is -3.58. The number of halogens is 1. The number of nitrogens with zero attached hydrogens (tertiary/aromatic N) is 2.